The molecule has 5 heteroatoms. The lowest BCUT2D eigenvalue weighted by Gasteiger charge is -2.03. The van der Waals surface area contributed by atoms with E-state index in [2.05, 4.69) is 5.10 Å². The van der Waals surface area contributed by atoms with Gasteiger partial charge in [0.25, 0.3) is 0 Å². The third-order valence-electron chi connectivity index (χ3n) is 1.99. The minimum atomic E-state index is 0.627. The van der Waals surface area contributed by atoms with Crippen LogP contribution >= 0.6 is 23.4 Å². The minimum absolute atomic E-state index is 0.627. The molecular weight excluding hydrogens is 230 g/mol. The maximum absolute atomic E-state index is 5.84. The molecule has 0 spiro atoms. The van der Waals surface area contributed by atoms with Gasteiger partial charge in [-0.15, -0.1) is 11.8 Å². The van der Waals surface area contributed by atoms with Crippen LogP contribution in [-0.4, -0.2) is 16.0 Å². The van der Waals surface area contributed by atoms with Gasteiger partial charge in [0.2, 0.25) is 0 Å². The predicted molar refractivity (Wildman–Crippen MR) is 64.8 cm³/mol. The summed E-state index contributed by atoms with van der Waals surface area (Å²) in [5.41, 5.74) is 6.76. The first-order chi connectivity index (χ1) is 7.20. The molecular formula is C10H10ClN3S. The summed E-state index contributed by atoms with van der Waals surface area (Å²) in [5, 5.41) is 5.95. The molecule has 0 aliphatic carbocycles. The Morgan fingerprint density at radius 2 is 2.00 bits per heavy atom. The standard InChI is InChI=1S/C10H10ClN3S/c1-15-10-6-9(12)14(13-10)8-4-2-7(11)3-5-8/h2-6H,12H2,1H3. The highest BCUT2D eigenvalue weighted by atomic mass is 35.5. The van der Waals surface area contributed by atoms with Crippen molar-refractivity contribution in [1.29, 1.82) is 0 Å². The molecule has 0 radical (unpaired) electrons. The van der Waals surface area contributed by atoms with E-state index in [0.717, 1.165) is 10.7 Å². The minimum Gasteiger partial charge on any atom is -0.384 e. The SMILES string of the molecule is CSc1cc(N)n(-c2ccc(Cl)cc2)n1. The van der Waals surface area contributed by atoms with Crippen molar-refractivity contribution in [2.24, 2.45) is 0 Å². The van der Waals surface area contributed by atoms with Crippen LogP contribution in [0.5, 0.6) is 0 Å². The molecule has 0 bridgehead atoms. The molecule has 0 aliphatic rings. The predicted octanol–water partition coefficient (Wildman–Crippen LogP) is 2.83. The van der Waals surface area contributed by atoms with Crippen LogP contribution in [0.2, 0.25) is 5.02 Å². The van der Waals surface area contributed by atoms with Gasteiger partial charge in [-0.3, -0.25) is 0 Å². The Bertz CT molecular complexity index is 464. The molecule has 0 saturated heterocycles. The number of aromatic nitrogens is 2. The van der Waals surface area contributed by atoms with Crippen molar-refractivity contribution in [2.45, 2.75) is 5.03 Å². The summed E-state index contributed by atoms with van der Waals surface area (Å²) in [4.78, 5) is 0. The highest BCUT2D eigenvalue weighted by Crippen LogP contribution is 2.21. The van der Waals surface area contributed by atoms with Gasteiger partial charge in [-0.2, -0.15) is 5.10 Å². The Hall–Kier alpha value is -1.13. The summed E-state index contributed by atoms with van der Waals surface area (Å²) in [6.07, 6.45) is 1.97. The normalized spacial score (nSPS) is 10.5. The van der Waals surface area contributed by atoms with E-state index in [0.29, 0.717) is 10.8 Å². The van der Waals surface area contributed by atoms with Gasteiger partial charge in [-0.1, -0.05) is 11.6 Å². The number of hydrogen-bond donors (Lipinski definition) is 1. The molecule has 0 amide bonds. The molecule has 0 atom stereocenters. The van der Waals surface area contributed by atoms with Crippen molar-refractivity contribution in [1.82, 2.24) is 9.78 Å². The molecule has 0 saturated carbocycles. The summed E-state index contributed by atoms with van der Waals surface area (Å²) in [7, 11) is 0. The monoisotopic (exact) mass is 239 g/mol. The van der Waals surface area contributed by atoms with Crippen molar-refractivity contribution in [3.05, 3.63) is 35.4 Å². The van der Waals surface area contributed by atoms with Gasteiger partial charge in [0.15, 0.2) is 0 Å². The first-order valence-corrected chi connectivity index (χ1v) is 5.96. The number of hydrogen-bond acceptors (Lipinski definition) is 3. The van der Waals surface area contributed by atoms with E-state index in [-0.39, 0.29) is 0 Å². The van der Waals surface area contributed by atoms with Crippen molar-refractivity contribution in [2.75, 3.05) is 12.0 Å². The van der Waals surface area contributed by atoms with E-state index in [1.807, 2.05) is 36.6 Å². The van der Waals surface area contributed by atoms with Gasteiger partial charge in [-0.05, 0) is 30.5 Å². The van der Waals surface area contributed by atoms with E-state index < -0.39 is 0 Å². The number of nitrogens with two attached hydrogens (primary N) is 1. The van der Waals surface area contributed by atoms with Crippen LogP contribution in [-0.2, 0) is 0 Å². The highest BCUT2D eigenvalue weighted by molar-refractivity contribution is 7.98. The van der Waals surface area contributed by atoms with Crippen LogP contribution in [0.15, 0.2) is 35.4 Å². The second-order valence-electron chi connectivity index (χ2n) is 3.00. The van der Waals surface area contributed by atoms with Crippen LogP contribution in [0.25, 0.3) is 5.69 Å². The van der Waals surface area contributed by atoms with Crippen molar-refractivity contribution in [3.63, 3.8) is 0 Å². The molecule has 0 aliphatic heterocycles. The van der Waals surface area contributed by atoms with Crippen molar-refractivity contribution < 1.29 is 0 Å². The Balaban J connectivity index is 2.44. The maximum Gasteiger partial charge on any atom is 0.128 e. The Kier molecular flexibility index (Phi) is 2.88. The van der Waals surface area contributed by atoms with Crippen molar-refractivity contribution >= 4 is 29.2 Å². The number of anilines is 1. The third-order valence-corrected chi connectivity index (χ3v) is 2.86. The fourth-order valence-electron chi connectivity index (χ4n) is 1.26. The lowest BCUT2D eigenvalue weighted by molar-refractivity contribution is 0.846. The molecule has 1 aromatic heterocycles. The molecule has 1 aromatic carbocycles. The van der Waals surface area contributed by atoms with E-state index >= 15 is 0 Å². The smallest absolute Gasteiger partial charge is 0.128 e. The molecule has 0 unspecified atom stereocenters. The average Bonchev–Trinajstić information content (AvgIpc) is 2.61. The van der Waals surface area contributed by atoms with Crippen LogP contribution in [0.4, 0.5) is 5.82 Å². The molecule has 15 heavy (non-hydrogen) atoms. The summed E-state index contributed by atoms with van der Waals surface area (Å²) >= 11 is 7.37. The van der Waals surface area contributed by atoms with Crippen LogP contribution in [0, 0.1) is 0 Å². The number of nitrogen functional groups attached to an aromatic ring is 1. The summed E-state index contributed by atoms with van der Waals surface area (Å²) in [5.74, 6) is 0.627. The molecule has 2 rings (SSSR count). The number of thioether (sulfide) groups is 1. The van der Waals surface area contributed by atoms with E-state index in [1.54, 1.807) is 16.4 Å². The third kappa shape index (κ3) is 2.11. The zero-order chi connectivity index (χ0) is 10.8. The number of halogens is 1. The fourth-order valence-corrected chi connectivity index (χ4v) is 1.79. The first kappa shape index (κ1) is 10.4. The van der Waals surface area contributed by atoms with Crippen molar-refractivity contribution in [3.8, 4) is 5.69 Å². The summed E-state index contributed by atoms with van der Waals surface area (Å²) in [6, 6.07) is 9.25. The topological polar surface area (TPSA) is 43.8 Å². The van der Waals surface area contributed by atoms with Gasteiger partial charge < -0.3 is 5.73 Å². The number of benzene rings is 1. The van der Waals surface area contributed by atoms with Crippen LogP contribution in [0.1, 0.15) is 0 Å². The van der Waals surface area contributed by atoms with E-state index in [1.165, 1.54) is 0 Å². The van der Waals surface area contributed by atoms with Gasteiger partial charge in [0, 0.05) is 11.1 Å². The maximum atomic E-state index is 5.84. The average molecular weight is 240 g/mol. The van der Waals surface area contributed by atoms with Gasteiger partial charge in [-0.25, -0.2) is 4.68 Å². The van der Waals surface area contributed by atoms with Crippen LogP contribution in [0.3, 0.4) is 0 Å². The largest absolute Gasteiger partial charge is 0.384 e. The Morgan fingerprint density at radius 1 is 1.33 bits per heavy atom. The zero-order valence-electron chi connectivity index (χ0n) is 8.14. The summed E-state index contributed by atoms with van der Waals surface area (Å²) < 4.78 is 1.70. The lowest BCUT2D eigenvalue weighted by Crippen LogP contribution is -2.01. The van der Waals surface area contributed by atoms with Crippen LogP contribution < -0.4 is 5.73 Å². The molecule has 2 N–H and O–H groups in total. The quantitative estimate of drug-likeness (QED) is 0.820. The van der Waals surface area contributed by atoms with E-state index in [9.17, 15) is 0 Å². The highest BCUT2D eigenvalue weighted by Gasteiger charge is 2.05. The number of rotatable bonds is 2. The lowest BCUT2D eigenvalue weighted by atomic mass is 10.3. The van der Waals surface area contributed by atoms with Gasteiger partial charge in [0.1, 0.15) is 10.8 Å². The second kappa shape index (κ2) is 4.16. The summed E-state index contributed by atoms with van der Waals surface area (Å²) in [6.45, 7) is 0. The molecule has 78 valence electrons. The first-order valence-electron chi connectivity index (χ1n) is 4.36. The number of nitrogens with zero attached hydrogens (tertiary/aromatic N) is 2. The Labute approximate surface area is 97.2 Å². The van der Waals surface area contributed by atoms with E-state index in [4.69, 9.17) is 17.3 Å². The Morgan fingerprint density at radius 3 is 2.53 bits per heavy atom. The van der Waals surface area contributed by atoms with Gasteiger partial charge in [0.05, 0.1) is 5.69 Å². The second-order valence-corrected chi connectivity index (χ2v) is 4.26. The molecule has 2 aromatic rings. The van der Waals surface area contributed by atoms with Gasteiger partial charge >= 0.3 is 0 Å². The molecule has 3 nitrogen and oxygen atoms in total. The zero-order valence-corrected chi connectivity index (χ0v) is 9.72. The molecule has 0 fully saturated rings. The fraction of sp³-hybridized carbons (Fsp3) is 0.100. The molecule has 1 heterocycles.